The summed E-state index contributed by atoms with van der Waals surface area (Å²) in [5.41, 5.74) is 0.834. The molecule has 1 aromatic rings. The average Bonchev–Trinajstić information content (AvgIpc) is 2.42. The van der Waals surface area contributed by atoms with Crippen molar-refractivity contribution in [2.45, 2.75) is 18.7 Å². The van der Waals surface area contributed by atoms with E-state index < -0.39 is 16.0 Å². The molecule has 2 N–H and O–H groups in total. The van der Waals surface area contributed by atoms with Crippen molar-refractivity contribution >= 4 is 28.4 Å². The first kappa shape index (κ1) is 19.9. The number of sulfonamides is 1. The van der Waals surface area contributed by atoms with Crippen LogP contribution in [0.1, 0.15) is 22.8 Å². The van der Waals surface area contributed by atoms with Crippen LogP contribution < -0.4 is 10.0 Å². The lowest BCUT2D eigenvalue weighted by Gasteiger charge is -2.11. The van der Waals surface area contributed by atoms with Crippen LogP contribution in [-0.4, -0.2) is 41.1 Å². The van der Waals surface area contributed by atoms with Crippen molar-refractivity contribution in [3.8, 4) is 0 Å². The first-order valence-electron chi connectivity index (χ1n) is 6.31. The summed E-state index contributed by atoms with van der Waals surface area (Å²) in [5, 5.41) is 3.01. The molecule has 0 aliphatic carbocycles. The number of rotatable bonds is 7. The van der Waals surface area contributed by atoms with Crippen LogP contribution >= 0.6 is 12.4 Å². The van der Waals surface area contributed by atoms with Crippen LogP contribution in [-0.2, 0) is 14.8 Å². The number of carbonyl (C=O) groups is 1. The van der Waals surface area contributed by atoms with Crippen LogP contribution in [0.25, 0.3) is 0 Å². The molecule has 0 spiro atoms. The minimum absolute atomic E-state index is 0. The summed E-state index contributed by atoms with van der Waals surface area (Å²) < 4.78 is 31.5. The standard InChI is InChI=1S/C13H20N2O4S.ClH/c1-4-14-7-8-15-20(17,18)12-6-5-10(2)9-11(12)13(16)19-3;/h5-6,9,14-15H,4,7-8H2,1-3H3;1H. The van der Waals surface area contributed by atoms with Crippen LogP contribution in [0.15, 0.2) is 23.1 Å². The molecule has 0 unspecified atom stereocenters. The molecule has 21 heavy (non-hydrogen) atoms. The van der Waals surface area contributed by atoms with Crippen LogP contribution in [0.4, 0.5) is 0 Å². The van der Waals surface area contributed by atoms with Gasteiger partial charge in [0.2, 0.25) is 10.0 Å². The van der Waals surface area contributed by atoms with Gasteiger partial charge in [0, 0.05) is 13.1 Å². The van der Waals surface area contributed by atoms with Crippen molar-refractivity contribution in [3.05, 3.63) is 29.3 Å². The smallest absolute Gasteiger partial charge is 0.339 e. The number of hydrogen-bond donors (Lipinski definition) is 2. The molecule has 1 rings (SSSR count). The summed E-state index contributed by atoms with van der Waals surface area (Å²) in [6.45, 7) is 5.25. The lowest BCUT2D eigenvalue weighted by atomic mass is 10.1. The minimum atomic E-state index is -3.73. The Balaban J connectivity index is 0.00000400. The number of ether oxygens (including phenoxy) is 1. The fraction of sp³-hybridized carbons (Fsp3) is 0.462. The first-order valence-corrected chi connectivity index (χ1v) is 7.80. The highest BCUT2D eigenvalue weighted by Gasteiger charge is 2.22. The second-order valence-electron chi connectivity index (χ2n) is 4.24. The monoisotopic (exact) mass is 336 g/mol. The van der Waals surface area contributed by atoms with Gasteiger partial charge in [-0.1, -0.05) is 18.6 Å². The second kappa shape index (κ2) is 8.99. The van der Waals surface area contributed by atoms with E-state index in [1.54, 1.807) is 13.0 Å². The van der Waals surface area contributed by atoms with Gasteiger partial charge in [-0.25, -0.2) is 17.9 Å². The largest absolute Gasteiger partial charge is 0.465 e. The minimum Gasteiger partial charge on any atom is -0.465 e. The molecule has 8 heteroatoms. The number of methoxy groups -OCH3 is 1. The predicted molar refractivity (Wildman–Crippen MR) is 83.5 cm³/mol. The molecule has 0 aromatic heterocycles. The molecular formula is C13H21ClN2O4S. The van der Waals surface area contributed by atoms with Gasteiger partial charge in [-0.3, -0.25) is 0 Å². The Morgan fingerprint density at radius 1 is 1.29 bits per heavy atom. The molecule has 120 valence electrons. The van der Waals surface area contributed by atoms with Gasteiger partial charge in [-0.2, -0.15) is 0 Å². The van der Waals surface area contributed by atoms with E-state index in [4.69, 9.17) is 0 Å². The van der Waals surface area contributed by atoms with Gasteiger partial charge in [0.25, 0.3) is 0 Å². The van der Waals surface area contributed by atoms with Gasteiger partial charge in [-0.05, 0) is 25.6 Å². The van der Waals surface area contributed by atoms with E-state index in [-0.39, 0.29) is 29.4 Å². The number of aryl methyl sites for hydroxylation is 1. The Labute approximate surface area is 131 Å². The molecule has 0 saturated carbocycles. The number of carbonyl (C=O) groups excluding carboxylic acids is 1. The van der Waals surface area contributed by atoms with E-state index in [1.165, 1.54) is 19.2 Å². The fourth-order valence-corrected chi connectivity index (χ4v) is 2.88. The summed E-state index contributed by atoms with van der Waals surface area (Å²) in [6.07, 6.45) is 0. The van der Waals surface area contributed by atoms with Gasteiger partial charge in [-0.15, -0.1) is 12.4 Å². The van der Waals surface area contributed by atoms with Crippen molar-refractivity contribution in [2.75, 3.05) is 26.7 Å². The zero-order valence-electron chi connectivity index (χ0n) is 12.3. The Kier molecular flexibility index (Phi) is 8.50. The molecule has 1 aromatic carbocycles. The molecule has 0 radical (unpaired) electrons. The first-order chi connectivity index (χ1) is 9.42. The van der Waals surface area contributed by atoms with Crippen LogP contribution in [0, 0.1) is 6.92 Å². The maximum atomic E-state index is 12.2. The van der Waals surface area contributed by atoms with Crippen LogP contribution in [0.3, 0.4) is 0 Å². The van der Waals surface area contributed by atoms with E-state index >= 15 is 0 Å². The highest BCUT2D eigenvalue weighted by Crippen LogP contribution is 2.18. The third-order valence-electron chi connectivity index (χ3n) is 2.67. The van der Waals surface area contributed by atoms with Crippen molar-refractivity contribution in [2.24, 2.45) is 0 Å². The third-order valence-corrected chi connectivity index (χ3v) is 4.19. The Morgan fingerprint density at radius 2 is 1.95 bits per heavy atom. The summed E-state index contributed by atoms with van der Waals surface area (Å²) in [5.74, 6) is -0.666. The summed E-state index contributed by atoms with van der Waals surface area (Å²) in [7, 11) is -2.51. The van der Waals surface area contributed by atoms with Crippen molar-refractivity contribution < 1.29 is 17.9 Å². The normalized spacial score (nSPS) is 10.8. The van der Waals surface area contributed by atoms with E-state index in [0.717, 1.165) is 12.1 Å². The number of likely N-dealkylation sites (N-methyl/N-ethyl adjacent to an activating group) is 1. The van der Waals surface area contributed by atoms with Crippen molar-refractivity contribution in [1.82, 2.24) is 10.0 Å². The second-order valence-corrected chi connectivity index (χ2v) is 5.98. The van der Waals surface area contributed by atoms with Gasteiger partial charge >= 0.3 is 5.97 Å². The molecule has 0 saturated heterocycles. The molecule has 0 heterocycles. The third kappa shape index (κ3) is 5.62. The maximum absolute atomic E-state index is 12.2. The Morgan fingerprint density at radius 3 is 2.52 bits per heavy atom. The van der Waals surface area contributed by atoms with Gasteiger partial charge in [0.05, 0.1) is 17.6 Å². The SMILES string of the molecule is CCNCCNS(=O)(=O)c1ccc(C)cc1C(=O)OC.Cl. The van der Waals surface area contributed by atoms with E-state index in [9.17, 15) is 13.2 Å². The fourth-order valence-electron chi connectivity index (χ4n) is 1.68. The van der Waals surface area contributed by atoms with Crippen molar-refractivity contribution in [3.63, 3.8) is 0 Å². The number of nitrogens with one attached hydrogen (secondary N) is 2. The molecule has 0 bridgehead atoms. The number of benzene rings is 1. The quantitative estimate of drug-likeness (QED) is 0.575. The zero-order valence-corrected chi connectivity index (χ0v) is 13.9. The predicted octanol–water partition coefficient (Wildman–Crippen LogP) is 1.09. The lowest BCUT2D eigenvalue weighted by Crippen LogP contribution is -2.32. The summed E-state index contributed by atoms with van der Waals surface area (Å²) in [6, 6.07) is 4.56. The molecule has 0 aliphatic heterocycles. The van der Waals surface area contributed by atoms with Crippen LogP contribution in [0.5, 0.6) is 0 Å². The van der Waals surface area contributed by atoms with E-state index in [0.29, 0.717) is 6.54 Å². The number of halogens is 1. The van der Waals surface area contributed by atoms with Crippen molar-refractivity contribution in [1.29, 1.82) is 0 Å². The average molecular weight is 337 g/mol. The molecular weight excluding hydrogens is 316 g/mol. The number of esters is 1. The maximum Gasteiger partial charge on any atom is 0.339 e. The molecule has 6 nitrogen and oxygen atoms in total. The number of hydrogen-bond acceptors (Lipinski definition) is 5. The van der Waals surface area contributed by atoms with Gasteiger partial charge < -0.3 is 10.1 Å². The van der Waals surface area contributed by atoms with E-state index in [1.807, 2.05) is 6.92 Å². The highest BCUT2D eigenvalue weighted by molar-refractivity contribution is 7.89. The topological polar surface area (TPSA) is 84.5 Å². The van der Waals surface area contributed by atoms with E-state index in [2.05, 4.69) is 14.8 Å². The zero-order chi connectivity index (χ0) is 15.2. The molecule has 0 fully saturated rings. The Hall–Kier alpha value is -1.15. The molecule has 0 aliphatic rings. The van der Waals surface area contributed by atoms with Crippen LogP contribution in [0.2, 0.25) is 0 Å². The van der Waals surface area contributed by atoms with Gasteiger partial charge in [0.1, 0.15) is 0 Å². The summed E-state index contributed by atoms with van der Waals surface area (Å²) in [4.78, 5) is 11.6. The Bertz CT molecular complexity index is 576. The molecule has 0 atom stereocenters. The highest BCUT2D eigenvalue weighted by atomic mass is 35.5. The summed E-state index contributed by atoms with van der Waals surface area (Å²) >= 11 is 0. The molecule has 0 amide bonds. The van der Waals surface area contributed by atoms with Gasteiger partial charge in [0.15, 0.2) is 0 Å². The lowest BCUT2D eigenvalue weighted by molar-refractivity contribution is 0.0596.